The van der Waals surface area contributed by atoms with Crippen LogP contribution in [0.3, 0.4) is 0 Å². The van der Waals surface area contributed by atoms with Gasteiger partial charge in [-0.3, -0.25) is 4.79 Å². The van der Waals surface area contributed by atoms with Gasteiger partial charge in [0.15, 0.2) is 5.82 Å². The zero-order valence-electron chi connectivity index (χ0n) is 12.5. The average Bonchev–Trinajstić information content (AvgIpc) is 2.95. The maximum Gasteiger partial charge on any atom is 0.227 e. The largest absolute Gasteiger partial charge is 0.309 e. The van der Waals surface area contributed by atoms with Gasteiger partial charge in [-0.25, -0.2) is 4.68 Å². The second kappa shape index (κ2) is 8.09. The van der Waals surface area contributed by atoms with Gasteiger partial charge in [0.1, 0.15) is 11.6 Å². The lowest BCUT2D eigenvalue weighted by Gasteiger charge is -2.13. The normalized spacial score (nSPS) is 11.8. The number of carbonyl (C=O) groups is 1. The highest BCUT2D eigenvalue weighted by atomic mass is 35.5. The third-order valence-electron chi connectivity index (χ3n) is 3.24. The lowest BCUT2D eigenvalue weighted by Crippen LogP contribution is -2.19. The Morgan fingerprint density at radius 2 is 2.08 bits per heavy atom. The van der Waals surface area contributed by atoms with E-state index in [9.17, 15) is 10.1 Å². The van der Waals surface area contributed by atoms with Gasteiger partial charge in [0.25, 0.3) is 0 Å². The highest BCUT2D eigenvalue weighted by Gasteiger charge is 2.19. The molecule has 0 aliphatic rings. The fourth-order valence-corrected chi connectivity index (χ4v) is 2.69. The number of nitrogens with zero attached hydrogens (tertiary/aromatic N) is 3. The molecule has 0 fully saturated rings. The Balaban J connectivity index is 2.43. The summed E-state index contributed by atoms with van der Waals surface area (Å²) < 4.78 is 1.33. The number of benzene rings is 1. The number of alkyl halides is 1. The monoisotopic (exact) mass is 404 g/mol. The maximum absolute atomic E-state index is 12.1. The van der Waals surface area contributed by atoms with E-state index in [-0.39, 0.29) is 44.2 Å². The fraction of sp³-hybridized carbons (Fsp3) is 0.267. The summed E-state index contributed by atoms with van der Waals surface area (Å²) >= 11 is 24.2. The number of hydrogen-bond acceptors (Lipinski definition) is 3. The van der Waals surface area contributed by atoms with Crippen LogP contribution in [-0.4, -0.2) is 21.1 Å². The smallest absolute Gasteiger partial charge is 0.227 e. The topological polar surface area (TPSA) is 70.7 Å². The van der Waals surface area contributed by atoms with Crippen molar-refractivity contribution in [2.45, 2.75) is 25.1 Å². The standard InChI is InChI=1S/C15H12Cl4N4O/c1-2-9(16)5-12(24)22-15-8(6-20)7-21-23(15)11-4-3-10(17)13(18)14(11)19/h3-4,7,9H,2,5H2,1H3,(H,22,24). The minimum absolute atomic E-state index is 0.114. The van der Waals surface area contributed by atoms with Crippen LogP contribution in [-0.2, 0) is 4.79 Å². The predicted molar refractivity (Wildman–Crippen MR) is 96.5 cm³/mol. The van der Waals surface area contributed by atoms with E-state index in [0.717, 1.165) is 0 Å². The van der Waals surface area contributed by atoms with Crippen molar-refractivity contribution < 1.29 is 4.79 Å². The highest BCUT2D eigenvalue weighted by Crippen LogP contribution is 2.36. The second-order valence-corrected chi connectivity index (χ2v) is 6.66. The first-order valence-electron chi connectivity index (χ1n) is 6.94. The molecule has 126 valence electrons. The number of nitriles is 1. The average molecular weight is 406 g/mol. The zero-order chi connectivity index (χ0) is 17.9. The van der Waals surface area contributed by atoms with Crippen molar-refractivity contribution in [3.05, 3.63) is 39.0 Å². The van der Waals surface area contributed by atoms with E-state index < -0.39 is 0 Å². The van der Waals surface area contributed by atoms with Crippen LogP contribution in [0.1, 0.15) is 25.3 Å². The van der Waals surface area contributed by atoms with Crippen LogP contribution in [0.4, 0.5) is 5.82 Å². The first-order chi connectivity index (χ1) is 11.4. The van der Waals surface area contributed by atoms with Gasteiger partial charge in [-0.05, 0) is 18.6 Å². The van der Waals surface area contributed by atoms with Crippen molar-refractivity contribution in [2.75, 3.05) is 5.32 Å². The van der Waals surface area contributed by atoms with Crippen molar-refractivity contribution >= 4 is 58.1 Å². The Bertz CT molecular complexity index is 813. The molecule has 0 aliphatic carbocycles. The van der Waals surface area contributed by atoms with Gasteiger partial charge in [-0.1, -0.05) is 41.7 Å². The third kappa shape index (κ3) is 3.96. The minimum Gasteiger partial charge on any atom is -0.309 e. The summed E-state index contributed by atoms with van der Waals surface area (Å²) in [5.41, 5.74) is 0.578. The van der Waals surface area contributed by atoms with E-state index in [2.05, 4.69) is 10.4 Å². The molecule has 24 heavy (non-hydrogen) atoms. The van der Waals surface area contributed by atoms with Crippen LogP contribution in [0.5, 0.6) is 0 Å². The van der Waals surface area contributed by atoms with Crippen molar-refractivity contribution in [2.24, 2.45) is 0 Å². The molecule has 1 atom stereocenters. The van der Waals surface area contributed by atoms with Gasteiger partial charge in [0.2, 0.25) is 5.91 Å². The van der Waals surface area contributed by atoms with E-state index in [0.29, 0.717) is 12.1 Å². The number of rotatable bonds is 5. The van der Waals surface area contributed by atoms with Gasteiger partial charge in [-0.15, -0.1) is 11.6 Å². The van der Waals surface area contributed by atoms with Crippen molar-refractivity contribution in [1.82, 2.24) is 9.78 Å². The van der Waals surface area contributed by atoms with E-state index in [4.69, 9.17) is 46.4 Å². The summed E-state index contributed by atoms with van der Waals surface area (Å²) in [7, 11) is 0. The Hall–Kier alpha value is -1.45. The maximum atomic E-state index is 12.1. The summed E-state index contributed by atoms with van der Waals surface area (Å²) in [5, 5.41) is 16.3. The molecular formula is C15H12Cl4N4O. The Morgan fingerprint density at radius 3 is 2.71 bits per heavy atom. The quantitative estimate of drug-likeness (QED) is 0.558. The summed E-state index contributed by atoms with van der Waals surface area (Å²) in [6, 6.07) is 5.12. The highest BCUT2D eigenvalue weighted by molar-refractivity contribution is 6.48. The lowest BCUT2D eigenvalue weighted by molar-refractivity contribution is -0.116. The van der Waals surface area contributed by atoms with Gasteiger partial charge < -0.3 is 5.32 Å². The Kier molecular flexibility index (Phi) is 6.36. The first-order valence-corrected chi connectivity index (χ1v) is 8.52. The molecule has 0 spiro atoms. The van der Waals surface area contributed by atoms with E-state index in [1.54, 1.807) is 12.1 Å². The molecule has 0 bridgehead atoms. The Morgan fingerprint density at radius 1 is 1.38 bits per heavy atom. The number of anilines is 1. The first kappa shape index (κ1) is 18.9. The fourth-order valence-electron chi connectivity index (χ4n) is 1.94. The molecule has 1 heterocycles. The molecule has 1 amide bonds. The minimum atomic E-state index is -0.328. The predicted octanol–water partition coefficient (Wildman–Crippen LogP) is 5.05. The molecule has 1 N–H and O–H groups in total. The molecule has 0 saturated carbocycles. The SMILES string of the molecule is CCC(Cl)CC(=O)Nc1c(C#N)cnn1-c1ccc(Cl)c(Cl)c1Cl. The molecule has 9 heteroatoms. The third-order valence-corrected chi connectivity index (χ3v) is 4.99. The molecule has 0 saturated heterocycles. The van der Waals surface area contributed by atoms with E-state index in [1.807, 2.05) is 13.0 Å². The van der Waals surface area contributed by atoms with Gasteiger partial charge >= 0.3 is 0 Å². The van der Waals surface area contributed by atoms with Gasteiger partial charge in [0.05, 0.1) is 27.0 Å². The van der Waals surface area contributed by atoms with Crippen LogP contribution < -0.4 is 5.32 Å². The van der Waals surface area contributed by atoms with E-state index >= 15 is 0 Å². The summed E-state index contributed by atoms with van der Waals surface area (Å²) in [6.45, 7) is 1.88. The lowest BCUT2D eigenvalue weighted by atomic mass is 10.2. The van der Waals surface area contributed by atoms with Crippen LogP contribution in [0.25, 0.3) is 5.69 Å². The second-order valence-electron chi connectivity index (χ2n) is 4.88. The number of aromatic nitrogens is 2. The van der Waals surface area contributed by atoms with Crippen molar-refractivity contribution in [3.8, 4) is 11.8 Å². The molecule has 0 radical (unpaired) electrons. The molecule has 2 aromatic rings. The molecule has 1 unspecified atom stereocenters. The van der Waals surface area contributed by atoms with Gasteiger partial charge in [-0.2, -0.15) is 10.4 Å². The number of carbonyl (C=O) groups excluding carboxylic acids is 1. The molecule has 1 aromatic heterocycles. The number of amides is 1. The van der Waals surface area contributed by atoms with Crippen LogP contribution in [0.15, 0.2) is 18.3 Å². The summed E-state index contributed by atoms with van der Waals surface area (Å²) in [4.78, 5) is 12.1. The zero-order valence-corrected chi connectivity index (χ0v) is 15.5. The van der Waals surface area contributed by atoms with Crippen molar-refractivity contribution in [3.63, 3.8) is 0 Å². The molecule has 1 aromatic carbocycles. The van der Waals surface area contributed by atoms with Crippen LogP contribution in [0, 0.1) is 11.3 Å². The summed E-state index contributed by atoms with van der Waals surface area (Å²) in [6.07, 6.45) is 2.09. The summed E-state index contributed by atoms with van der Waals surface area (Å²) in [5.74, 6) is -0.131. The number of hydrogen-bond donors (Lipinski definition) is 1. The van der Waals surface area contributed by atoms with E-state index in [1.165, 1.54) is 10.9 Å². The van der Waals surface area contributed by atoms with Crippen LogP contribution >= 0.6 is 46.4 Å². The molecule has 2 rings (SSSR count). The Labute approximate surface area is 159 Å². The number of halogens is 4. The molecular weight excluding hydrogens is 394 g/mol. The van der Waals surface area contributed by atoms with Crippen molar-refractivity contribution in [1.29, 1.82) is 5.26 Å². The van der Waals surface area contributed by atoms with Gasteiger partial charge in [0, 0.05) is 11.8 Å². The van der Waals surface area contributed by atoms with Crippen LogP contribution in [0.2, 0.25) is 15.1 Å². The number of nitrogens with one attached hydrogen (secondary N) is 1. The molecule has 5 nitrogen and oxygen atoms in total. The molecule has 0 aliphatic heterocycles.